The number of rotatable bonds is 2. The van der Waals surface area contributed by atoms with Gasteiger partial charge in [-0.15, -0.1) is 0 Å². The molecule has 0 aliphatic rings. The van der Waals surface area contributed by atoms with Crippen LogP contribution < -0.4 is 0 Å². The molecule has 0 aliphatic carbocycles. The first kappa shape index (κ1) is 13.4. The van der Waals surface area contributed by atoms with E-state index >= 15 is 0 Å². The van der Waals surface area contributed by atoms with E-state index in [-0.39, 0.29) is 23.9 Å². The fourth-order valence-corrected chi connectivity index (χ4v) is 1.20. The van der Waals surface area contributed by atoms with Gasteiger partial charge in [0.2, 0.25) is 0 Å². The topological polar surface area (TPSA) is 81.4 Å². The van der Waals surface area contributed by atoms with Crippen molar-refractivity contribution in [2.75, 3.05) is 0 Å². The Hall–Kier alpha value is -1.69. The van der Waals surface area contributed by atoms with Crippen molar-refractivity contribution in [1.29, 1.82) is 0 Å². The molecule has 1 aromatic rings. The highest BCUT2D eigenvalue weighted by Gasteiger charge is 2.22. The number of aliphatic hydroxyl groups is 1. The van der Waals surface area contributed by atoms with E-state index in [2.05, 4.69) is 4.98 Å². The smallest absolute Gasteiger partial charge is 0.420 e. The Labute approximate surface area is 99.2 Å². The molecule has 0 aliphatic heterocycles. The van der Waals surface area contributed by atoms with Crippen molar-refractivity contribution in [3.8, 4) is 0 Å². The van der Waals surface area contributed by atoms with E-state index < -0.39 is 11.7 Å². The molecule has 0 spiro atoms. The Morgan fingerprint density at radius 1 is 1.47 bits per heavy atom. The summed E-state index contributed by atoms with van der Waals surface area (Å²) in [6.07, 6.45) is 0.611. The van der Waals surface area contributed by atoms with Crippen LogP contribution in [-0.2, 0) is 11.3 Å². The Morgan fingerprint density at radius 3 is 2.47 bits per heavy atom. The zero-order valence-electron chi connectivity index (χ0n) is 10.4. The van der Waals surface area contributed by atoms with Gasteiger partial charge < -0.3 is 9.84 Å². The molecule has 1 heterocycles. The predicted octanol–water partition coefficient (Wildman–Crippen LogP) is 1.36. The second-order valence-corrected chi connectivity index (χ2v) is 4.62. The minimum atomic E-state index is -0.685. The van der Waals surface area contributed by atoms with E-state index in [0.29, 0.717) is 0 Å². The van der Waals surface area contributed by atoms with Gasteiger partial charge in [0.05, 0.1) is 12.3 Å². The highest BCUT2D eigenvalue weighted by molar-refractivity contribution is 5.94. The molecule has 94 valence electrons. The lowest BCUT2D eigenvalue weighted by Crippen LogP contribution is -2.28. The van der Waals surface area contributed by atoms with Crippen molar-refractivity contribution in [1.82, 2.24) is 9.55 Å². The molecule has 6 heteroatoms. The van der Waals surface area contributed by atoms with Crippen LogP contribution in [0.1, 0.15) is 44.0 Å². The normalized spacial score (nSPS) is 11.4. The number of hydrogen-bond acceptors (Lipinski definition) is 5. The van der Waals surface area contributed by atoms with Crippen molar-refractivity contribution in [3.63, 3.8) is 0 Å². The van der Waals surface area contributed by atoms with Crippen LogP contribution in [0.4, 0.5) is 4.79 Å². The molecule has 0 unspecified atom stereocenters. The zero-order chi connectivity index (χ0) is 13.2. The van der Waals surface area contributed by atoms with Gasteiger partial charge in [-0.25, -0.2) is 14.3 Å². The zero-order valence-corrected chi connectivity index (χ0v) is 10.4. The molecule has 0 bridgehead atoms. The number of aliphatic hydroxyl groups excluding tert-OH is 1. The van der Waals surface area contributed by atoms with Crippen molar-refractivity contribution in [2.24, 2.45) is 0 Å². The Bertz CT molecular complexity index is 443. The minimum absolute atomic E-state index is 0.0386. The molecule has 6 nitrogen and oxygen atoms in total. The van der Waals surface area contributed by atoms with Crippen molar-refractivity contribution in [3.05, 3.63) is 17.7 Å². The number of aromatic nitrogens is 2. The van der Waals surface area contributed by atoms with Gasteiger partial charge in [0.15, 0.2) is 11.6 Å². The molecule has 0 fully saturated rings. The van der Waals surface area contributed by atoms with Crippen LogP contribution in [0.15, 0.2) is 6.20 Å². The summed E-state index contributed by atoms with van der Waals surface area (Å²) in [7, 11) is 0. The lowest BCUT2D eigenvalue weighted by atomic mass is 10.2. The lowest BCUT2D eigenvalue weighted by molar-refractivity contribution is 0.0527. The standard InChI is InChI=1S/C11H16N2O4/c1-7(15)9-12-8(6-14)5-13(9)10(16)17-11(2,3)4/h5,14H,6H2,1-4H3. The molecule has 1 N–H and O–H groups in total. The van der Waals surface area contributed by atoms with Crippen LogP contribution in [0.3, 0.4) is 0 Å². The Kier molecular flexibility index (Phi) is 3.67. The Balaban J connectivity index is 3.08. The van der Waals surface area contributed by atoms with Gasteiger partial charge in [-0.05, 0) is 20.8 Å². The van der Waals surface area contributed by atoms with E-state index in [0.717, 1.165) is 4.57 Å². The number of hydrogen-bond donors (Lipinski definition) is 1. The fourth-order valence-electron chi connectivity index (χ4n) is 1.20. The fraction of sp³-hybridized carbons (Fsp3) is 0.545. The van der Waals surface area contributed by atoms with Crippen LogP contribution >= 0.6 is 0 Å². The highest BCUT2D eigenvalue weighted by atomic mass is 16.6. The van der Waals surface area contributed by atoms with E-state index in [1.807, 2.05) is 0 Å². The number of imidazole rings is 1. The lowest BCUT2D eigenvalue weighted by Gasteiger charge is -2.19. The first-order valence-electron chi connectivity index (χ1n) is 5.18. The third-order valence-electron chi connectivity index (χ3n) is 1.82. The van der Waals surface area contributed by atoms with E-state index in [1.165, 1.54) is 13.1 Å². The number of carbonyl (C=O) groups is 2. The van der Waals surface area contributed by atoms with Gasteiger partial charge in [-0.1, -0.05) is 0 Å². The summed E-state index contributed by atoms with van der Waals surface area (Å²) in [6, 6.07) is 0. The Morgan fingerprint density at radius 2 is 2.06 bits per heavy atom. The number of ketones is 1. The van der Waals surface area contributed by atoms with Crippen molar-refractivity contribution >= 4 is 11.9 Å². The van der Waals surface area contributed by atoms with E-state index in [9.17, 15) is 9.59 Å². The van der Waals surface area contributed by atoms with Gasteiger partial charge in [0.25, 0.3) is 0 Å². The van der Waals surface area contributed by atoms with Crippen LogP contribution in [0, 0.1) is 0 Å². The average molecular weight is 240 g/mol. The SMILES string of the molecule is CC(=O)c1nc(CO)cn1C(=O)OC(C)(C)C. The summed E-state index contributed by atoms with van der Waals surface area (Å²) in [6.45, 7) is 6.13. The van der Waals surface area contributed by atoms with Crippen molar-refractivity contribution < 1.29 is 19.4 Å². The molecule has 1 aromatic heterocycles. The average Bonchev–Trinajstić information content (AvgIpc) is 2.58. The molecule has 1 rings (SSSR count). The number of carbonyl (C=O) groups excluding carboxylic acids is 2. The quantitative estimate of drug-likeness (QED) is 0.789. The maximum absolute atomic E-state index is 11.8. The number of ether oxygens (including phenoxy) is 1. The number of Topliss-reactive ketones (excluding diaryl/α,β-unsaturated/α-hetero) is 1. The molecule has 0 saturated carbocycles. The monoisotopic (exact) mass is 240 g/mol. The first-order valence-corrected chi connectivity index (χ1v) is 5.18. The third-order valence-corrected chi connectivity index (χ3v) is 1.82. The molecule has 0 amide bonds. The first-order chi connectivity index (χ1) is 7.74. The maximum atomic E-state index is 11.8. The molecule has 0 atom stereocenters. The maximum Gasteiger partial charge on any atom is 0.420 e. The van der Waals surface area contributed by atoms with Gasteiger partial charge in [-0.2, -0.15) is 0 Å². The van der Waals surface area contributed by atoms with E-state index in [1.54, 1.807) is 20.8 Å². The van der Waals surface area contributed by atoms with Crippen LogP contribution in [-0.4, -0.2) is 32.1 Å². The molecule has 0 aromatic carbocycles. The van der Waals surface area contributed by atoms with Crippen LogP contribution in [0.5, 0.6) is 0 Å². The summed E-state index contributed by atoms with van der Waals surface area (Å²) in [5, 5.41) is 8.93. The summed E-state index contributed by atoms with van der Waals surface area (Å²) < 4.78 is 6.14. The molecular formula is C11H16N2O4. The van der Waals surface area contributed by atoms with Gasteiger partial charge in [-0.3, -0.25) is 4.79 Å². The van der Waals surface area contributed by atoms with Crippen LogP contribution in [0.25, 0.3) is 0 Å². The largest absolute Gasteiger partial charge is 0.443 e. The van der Waals surface area contributed by atoms with Crippen LogP contribution in [0.2, 0.25) is 0 Å². The second-order valence-electron chi connectivity index (χ2n) is 4.62. The van der Waals surface area contributed by atoms with Crippen molar-refractivity contribution in [2.45, 2.75) is 39.9 Å². The van der Waals surface area contributed by atoms with E-state index in [4.69, 9.17) is 9.84 Å². The summed E-state index contributed by atoms with van der Waals surface area (Å²) in [5.41, 5.74) is -0.407. The summed E-state index contributed by atoms with van der Waals surface area (Å²) in [5.74, 6) is -0.404. The molecule has 0 saturated heterocycles. The van der Waals surface area contributed by atoms with Gasteiger partial charge in [0.1, 0.15) is 5.60 Å². The third kappa shape index (κ3) is 3.39. The molecular weight excluding hydrogens is 224 g/mol. The second kappa shape index (κ2) is 4.67. The minimum Gasteiger partial charge on any atom is -0.443 e. The molecule has 17 heavy (non-hydrogen) atoms. The summed E-state index contributed by atoms with van der Waals surface area (Å²) >= 11 is 0. The predicted molar refractivity (Wildman–Crippen MR) is 59.8 cm³/mol. The molecule has 0 radical (unpaired) electrons. The summed E-state index contributed by atoms with van der Waals surface area (Å²) in [4.78, 5) is 26.9. The highest BCUT2D eigenvalue weighted by Crippen LogP contribution is 2.12. The van der Waals surface area contributed by atoms with Gasteiger partial charge in [0, 0.05) is 13.1 Å². The van der Waals surface area contributed by atoms with Gasteiger partial charge >= 0.3 is 6.09 Å². The number of nitrogens with zero attached hydrogens (tertiary/aromatic N) is 2.